The Hall–Kier alpha value is -3.52. The maximum absolute atomic E-state index is 9.57. The first-order valence-corrected chi connectivity index (χ1v) is 10.9. The van der Waals surface area contributed by atoms with Gasteiger partial charge in [0.05, 0.1) is 24.7 Å². The first kappa shape index (κ1) is 21.7. The van der Waals surface area contributed by atoms with Gasteiger partial charge < -0.3 is 20.3 Å². The molecule has 0 bridgehead atoms. The van der Waals surface area contributed by atoms with Gasteiger partial charge in [0.1, 0.15) is 0 Å². The monoisotopic (exact) mass is 433 g/mol. The standard InChI is InChI=1S/C24H29N7O.H2/c1-4-19(14-32)28-24-29-22(21-23(30-24)31(15-27-21)16(2)3)26-13-17-10-11-20(25-12-17)18-8-6-5-7-9-18;/h5-12,15-16,19,32H,4,13-14H2,1-3H3,(H2,26,28,29,30);1H/t19-;/m1./s1. The van der Waals surface area contributed by atoms with E-state index in [0.29, 0.717) is 18.3 Å². The van der Waals surface area contributed by atoms with Gasteiger partial charge in [-0.3, -0.25) is 4.98 Å². The zero-order valence-electron chi connectivity index (χ0n) is 18.7. The van der Waals surface area contributed by atoms with Crippen LogP contribution in [0.5, 0.6) is 0 Å². The number of fused-ring (bicyclic) bond motifs is 1. The first-order chi connectivity index (χ1) is 15.6. The highest BCUT2D eigenvalue weighted by atomic mass is 16.3. The van der Waals surface area contributed by atoms with Crippen LogP contribution in [0.2, 0.25) is 0 Å². The molecule has 0 amide bonds. The highest BCUT2D eigenvalue weighted by Gasteiger charge is 2.16. The Balaban J connectivity index is 0.00000306. The first-order valence-electron chi connectivity index (χ1n) is 10.9. The van der Waals surface area contributed by atoms with E-state index in [2.05, 4.69) is 50.5 Å². The summed E-state index contributed by atoms with van der Waals surface area (Å²) in [7, 11) is 0. The van der Waals surface area contributed by atoms with Crippen LogP contribution in [-0.4, -0.2) is 42.3 Å². The number of aliphatic hydroxyl groups is 1. The minimum absolute atomic E-state index is 0. The third-order valence-electron chi connectivity index (χ3n) is 5.38. The molecule has 0 aliphatic heterocycles. The third-order valence-corrected chi connectivity index (χ3v) is 5.38. The Kier molecular flexibility index (Phi) is 6.61. The van der Waals surface area contributed by atoms with E-state index in [9.17, 15) is 5.11 Å². The lowest BCUT2D eigenvalue weighted by atomic mass is 10.1. The van der Waals surface area contributed by atoms with E-state index >= 15 is 0 Å². The van der Waals surface area contributed by atoms with Gasteiger partial charge >= 0.3 is 0 Å². The van der Waals surface area contributed by atoms with Crippen LogP contribution in [0.25, 0.3) is 22.4 Å². The Morgan fingerprint density at radius 1 is 1.06 bits per heavy atom. The van der Waals surface area contributed by atoms with E-state index in [1.807, 2.05) is 54.1 Å². The molecule has 1 atom stereocenters. The number of aromatic nitrogens is 5. The van der Waals surface area contributed by atoms with Crippen molar-refractivity contribution in [1.29, 1.82) is 0 Å². The third kappa shape index (κ3) is 4.70. The van der Waals surface area contributed by atoms with Gasteiger partial charge in [0.2, 0.25) is 5.95 Å². The van der Waals surface area contributed by atoms with Crippen LogP contribution in [0.1, 0.15) is 40.2 Å². The molecule has 0 radical (unpaired) electrons. The van der Waals surface area contributed by atoms with Crippen molar-refractivity contribution in [2.75, 3.05) is 17.2 Å². The van der Waals surface area contributed by atoms with E-state index in [1.165, 1.54) is 0 Å². The van der Waals surface area contributed by atoms with Crippen molar-refractivity contribution in [1.82, 2.24) is 24.5 Å². The van der Waals surface area contributed by atoms with E-state index in [-0.39, 0.29) is 20.1 Å². The average molecular weight is 434 g/mol. The van der Waals surface area contributed by atoms with Crippen molar-refractivity contribution in [3.05, 3.63) is 60.6 Å². The number of nitrogens with zero attached hydrogens (tertiary/aromatic N) is 5. The summed E-state index contributed by atoms with van der Waals surface area (Å²) in [5.41, 5.74) is 4.54. The Morgan fingerprint density at radius 2 is 1.88 bits per heavy atom. The number of benzene rings is 1. The van der Waals surface area contributed by atoms with Crippen LogP contribution in [0.3, 0.4) is 0 Å². The zero-order valence-corrected chi connectivity index (χ0v) is 18.7. The Labute approximate surface area is 189 Å². The highest BCUT2D eigenvalue weighted by molar-refractivity contribution is 5.84. The van der Waals surface area contributed by atoms with Crippen molar-refractivity contribution in [2.24, 2.45) is 0 Å². The summed E-state index contributed by atoms with van der Waals surface area (Å²) >= 11 is 0. The van der Waals surface area contributed by atoms with Gasteiger partial charge in [-0.15, -0.1) is 0 Å². The summed E-state index contributed by atoms with van der Waals surface area (Å²) in [6.45, 7) is 6.76. The molecule has 4 rings (SSSR count). The number of imidazole rings is 1. The summed E-state index contributed by atoms with van der Waals surface area (Å²) in [6.07, 6.45) is 4.43. The maximum Gasteiger partial charge on any atom is 0.227 e. The molecule has 3 heterocycles. The van der Waals surface area contributed by atoms with Crippen LogP contribution in [0.15, 0.2) is 55.0 Å². The van der Waals surface area contributed by atoms with Gasteiger partial charge in [0, 0.05) is 25.8 Å². The summed E-state index contributed by atoms with van der Waals surface area (Å²) in [5.74, 6) is 1.12. The number of hydrogen-bond acceptors (Lipinski definition) is 7. The smallest absolute Gasteiger partial charge is 0.227 e. The van der Waals surface area contributed by atoms with Gasteiger partial charge in [-0.2, -0.15) is 9.97 Å². The molecule has 8 heteroatoms. The van der Waals surface area contributed by atoms with Gasteiger partial charge in [-0.1, -0.05) is 43.3 Å². The topological polar surface area (TPSA) is 101 Å². The number of nitrogens with one attached hydrogen (secondary N) is 2. The van der Waals surface area contributed by atoms with Crippen LogP contribution in [-0.2, 0) is 6.54 Å². The van der Waals surface area contributed by atoms with Crippen molar-refractivity contribution in [3.63, 3.8) is 0 Å². The summed E-state index contributed by atoms with van der Waals surface area (Å²) < 4.78 is 2.02. The van der Waals surface area contributed by atoms with E-state index in [0.717, 1.165) is 34.4 Å². The predicted molar refractivity (Wildman–Crippen MR) is 130 cm³/mol. The zero-order chi connectivity index (χ0) is 22.5. The number of aliphatic hydroxyl groups excluding tert-OH is 1. The van der Waals surface area contributed by atoms with Crippen molar-refractivity contribution in [2.45, 2.75) is 45.8 Å². The number of rotatable bonds is 9. The molecule has 1 aromatic carbocycles. The number of hydrogen-bond donors (Lipinski definition) is 3. The fourth-order valence-electron chi connectivity index (χ4n) is 3.44. The highest BCUT2D eigenvalue weighted by Crippen LogP contribution is 2.24. The lowest BCUT2D eigenvalue weighted by Crippen LogP contribution is -2.24. The summed E-state index contributed by atoms with van der Waals surface area (Å²) in [6, 6.07) is 14.3. The van der Waals surface area contributed by atoms with E-state index in [1.54, 1.807) is 6.33 Å². The molecule has 0 aliphatic rings. The molecule has 3 N–H and O–H groups in total. The van der Waals surface area contributed by atoms with Gasteiger partial charge in [0.15, 0.2) is 17.0 Å². The van der Waals surface area contributed by atoms with Crippen molar-refractivity contribution in [3.8, 4) is 11.3 Å². The Morgan fingerprint density at radius 3 is 2.53 bits per heavy atom. The summed E-state index contributed by atoms with van der Waals surface area (Å²) in [4.78, 5) is 18.5. The molecular weight excluding hydrogens is 402 g/mol. The minimum Gasteiger partial charge on any atom is -0.394 e. The van der Waals surface area contributed by atoms with Gasteiger partial charge in [-0.05, 0) is 31.9 Å². The average Bonchev–Trinajstić information content (AvgIpc) is 3.26. The predicted octanol–water partition coefficient (Wildman–Crippen LogP) is 4.51. The molecule has 0 saturated carbocycles. The molecule has 168 valence electrons. The molecule has 0 saturated heterocycles. The SMILES string of the molecule is CC[C@H](CO)Nc1nc(NCc2ccc(-c3ccccc3)nc2)c2ncn(C(C)C)c2n1.[HH]. The molecule has 0 unspecified atom stereocenters. The quantitative estimate of drug-likeness (QED) is 0.357. The normalized spacial score (nSPS) is 12.3. The molecule has 4 aromatic rings. The van der Waals surface area contributed by atoms with Crippen molar-refractivity contribution >= 4 is 22.9 Å². The summed E-state index contributed by atoms with van der Waals surface area (Å²) in [5, 5.41) is 16.2. The molecule has 0 aliphatic carbocycles. The second-order valence-electron chi connectivity index (χ2n) is 8.02. The fourth-order valence-corrected chi connectivity index (χ4v) is 3.44. The largest absolute Gasteiger partial charge is 0.394 e. The van der Waals surface area contributed by atoms with Crippen LogP contribution < -0.4 is 10.6 Å². The van der Waals surface area contributed by atoms with E-state index < -0.39 is 0 Å². The second-order valence-corrected chi connectivity index (χ2v) is 8.02. The molecule has 3 aromatic heterocycles. The fraction of sp³-hybridized carbons (Fsp3) is 0.333. The minimum atomic E-state index is -0.106. The van der Waals surface area contributed by atoms with Crippen LogP contribution in [0, 0.1) is 0 Å². The Bertz CT molecular complexity index is 1160. The molecular formula is C24H31N7O. The number of anilines is 2. The van der Waals surface area contributed by atoms with E-state index in [4.69, 9.17) is 0 Å². The van der Waals surface area contributed by atoms with Crippen molar-refractivity contribution < 1.29 is 6.53 Å². The number of pyridine rings is 1. The molecule has 0 fully saturated rings. The van der Waals surface area contributed by atoms with Crippen LogP contribution >= 0.6 is 0 Å². The molecule has 8 nitrogen and oxygen atoms in total. The maximum atomic E-state index is 9.57. The van der Waals surface area contributed by atoms with Gasteiger partial charge in [-0.25, -0.2) is 4.98 Å². The lowest BCUT2D eigenvalue weighted by molar-refractivity contribution is 0.271. The van der Waals surface area contributed by atoms with Crippen LogP contribution in [0.4, 0.5) is 11.8 Å². The molecule has 32 heavy (non-hydrogen) atoms. The lowest BCUT2D eigenvalue weighted by Gasteiger charge is -2.16. The molecule has 0 spiro atoms. The van der Waals surface area contributed by atoms with Gasteiger partial charge in [0.25, 0.3) is 0 Å². The second kappa shape index (κ2) is 9.74.